The second-order valence-electron chi connectivity index (χ2n) is 33.1. The van der Waals surface area contributed by atoms with Crippen molar-refractivity contribution in [3.63, 3.8) is 0 Å². The number of nitriles is 2. The van der Waals surface area contributed by atoms with Crippen LogP contribution in [0.1, 0.15) is 257 Å². The number of H-pyrrole nitrogens is 1. The Bertz CT molecular complexity index is 3130. The van der Waals surface area contributed by atoms with Crippen molar-refractivity contribution in [2.75, 3.05) is 12.4 Å². The Morgan fingerprint density at radius 2 is 0.913 bits per heavy atom. The average Bonchev–Trinajstić information content (AvgIpc) is 1.31. The zero-order chi connectivity index (χ0) is 64.5. The molecule has 21 atom stereocenters. The van der Waals surface area contributed by atoms with Gasteiger partial charge < -0.3 is 20.4 Å². The Kier molecular flexibility index (Phi) is 23.1. The number of carbonyl (C=O) groups is 3. The molecule has 0 radical (unpaired) electrons. The Labute approximate surface area is 563 Å². The van der Waals surface area contributed by atoms with E-state index in [0.717, 1.165) is 110 Å². The van der Waals surface area contributed by atoms with Gasteiger partial charge in [0.25, 0.3) is 0 Å². The fraction of sp³-hybridized carbons (Fsp3) is 0.782. The first-order valence-electron chi connectivity index (χ1n) is 34.6. The lowest BCUT2D eigenvalue weighted by molar-refractivity contribution is -0.128. The molecule has 0 amide bonds. The molecule has 9 fully saturated rings. The molecule has 0 unspecified atom stereocenters. The van der Waals surface area contributed by atoms with Crippen molar-refractivity contribution in [2.45, 2.75) is 269 Å². The topological polar surface area (TPSA) is 226 Å². The third kappa shape index (κ3) is 13.6. The number of aromatic amines is 1. The number of alkyl halides is 1. The standard InChI is InChI=1S/C26H35N3O2.C22H33BrO2.C22H34O2.C4H3N3.CH4O.3CH4/c1-24(31)10-11-25(2)18(12-24)4-5-19-20-6-7-22(26(20,3)9-8-21(19)25)23(30)16-29-15-17(13-27)14-28-29;1-20(25)10-11-21(2)14(12-20)4-5-15-16-6-7-18(19(24)13-23)22(16,3)9-8-17(15)21;1-14(23)17-7-8-18-16-6-5-15-13-20(2,24)11-12-21(15,3)19(16)9-10-22(17,18)4;5-1-4-2-6-7-3-4;1-2;;;/h8,14-15,18-20,22,31H,4-7,9-12,16H2,1-3H3;8,14-16,18,25H,4-7,9-13H2,1-3H3;9,15-18,24H,5-8,10-13H2,1-4H3;2-3H,(H,6,7);2H,1H3;3*1H4/t18-,19+,20+,22-,24-,25+,26+;14-,15+,16+,18-,20-,21+,22+;15-,16+,17-,18+,20-,21+,22-;;;;;/m111...../s1. The number of hydrogen-bond donors (Lipinski definition) is 5. The van der Waals surface area contributed by atoms with Gasteiger partial charge in [-0.1, -0.05) is 115 Å². The number of halogens is 1. The molecule has 92 heavy (non-hydrogen) atoms. The number of hydrogen-bond acceptors (Lipinski definition) is 11. The van der Waals surface area contributed by atoms with E-state index in [0.29, 0.717) is 86.7 Å². The lowest BCUT2D eigenvalue weighted by Gasteiger charge is -2.58. The number of nitrogens with zero attached hydrogens (tertiary/aromatic N) is 5. The van der Waals surface area contributed by atoms with Crippen molar-refractivity contribution in [1.29, 1.82) is 10.5 Å². The van der Waals surface area contributed by atoms with E-state index >= 15 is 0 Å². The number of aliphatic hydroxyl groups is 4. The fourth-order valence-corrected chi connectivity index (χ4v) is 23.4. The van der Waals surface area contributed by atoms with Crippen LogP contribution in [0.2, 0.25) is 0 Å². The summed E-state index contributed by atoms with van der Waals surface area (Å²) in [7, 11) is 1.00. The van der Waals surface area contributed by atoms with Crippen molar-refractivity contribution in [1.82, 2.24) is 20.0 Å². The number of fused-ring (bicyclic) bond motifs is 15. The zero-order valence-electron chi connectivity index (χ0n) is 56.0. The van der Waals surface area contributed by atoms with Crippen LogP contribution in [0.25, 0.3) is 0 Å². The maximum Gasteiger partial charge on any atom is 0.157 e. The number of ketones is 3. The maximum absolute atomic E-state index is 13.3. The fourth-order valence-electron chi connectivity index (χ4n) is 23.0. The van der Waals surface area contributed by atoms with Crippen molar-refractivity contribution in [3.05, 3.63) is 70.9 Å². The number of Topliss-reactive ketones (excluding diaryl/α,β-unsaturated/α-hetero) is 3. The van der Waals surface area contributed by atoms with Gasteiger partial charge in [0.15, 0.2) is 5.78 Å². The first kappa shape index (κ1) is 75.3. The summed E-state index contributed by atoms with van der Waals surface area (Å²) < 4.78 is 1.63. The molecule has 14 heteroatoms. The normalized spacial score (nSPS) is 43.6. The molecule has 2 heterocycles. The number of aliphatic hydroxyl groups excluding tert-OH is 1. The number of carbonyl (C=O) groups excluding carboxylic acids is 3. The third-order valence-electron chi connectivity index (χ3n) is 28.0. The van der Waals surface area contributed by atoms with Crippen LogP contribution in [0.3, 0.4) is 0 Å². The molecule has 0 aromatic carbocycles. The van der Waals surface area contributed by atoms with Crippen LogP contribution in [0, 0.1) is 126 Å². The molecule has 0 aliphatic heterocycles. The van der Waals surface area contributed by atoms with Gasteiger partial charge in [0.1, 0.15) is 23.7 Å². The second-order valence-corrected chi connectivity index (χ2v) is 33.7. The van der Waals surface area contributed by atoms with Gasteiger partial charge in [-0.3, -0.25) is 24.2 Å². The van der Waals surface area contributed by atoms with Crippen LogP contribution in [0.4, 0.5) is 0 Å². The highest BCUT2D eigenvalue weighted by atomic mass is 79.9. The van der Waals surface area contributed by atoms with Gasteiger partial charge >= 0.3 is 0 Å². The van der Waals surface area contributed by atoms with Gasteiger partial charge in [-0.15, -0.1) is 0 Å². The lowest BCUT2D eigenvalue weighted by atomic mass is 9.47. The van der Waals surface area contributed by atoms with Crippen LogP contribution in [0.5, 0.6) is 0 Å². The van der Waals surface area contributed by atoms with Gasteiger partial charge in [0, 0.05) is 37.3 Å². The summed E-state index contributed by atoms with van der Waals surface area (Å²) in [6.45, 7) is 22.7. The Morgan fingerprint density at radius 1 is 0.543 bits per heavy atom. The van der Waals surface area contributed by atoms with E-state index in [9.17, 15) is 29.7 Å². The number of aromatic nitrogens is 4. The molecule has 0 bridgehead atoms. The Hall–Kier alpha value is -4.05. The van der Waals surface area contributed by atoms with Crippen LogP contribution >= 0.6 is 15.9 Å². The summed E-state index contributed by atoms with van der Waals surface area (Å²) in [4.78, 5) is 38.0. The van der Waals surface area contributed by atoms with Crippen LogP contribution in [0.15, 0.2) is 59.7 Å². The van der Waals surface area contributed by atoms with Crippen LogP contribution < -0.4 is 0 Å². The largest absolute Gasteiger partial charge is 0.400 e. The van der Waals surface area contributed by atoms with Crippen LogP contribution in [-0.4, -0.2) is 87.0 Å². The van der Waals surface area contributed by atoms with Crippen LogP contribution in [-0.2, 0) is 20.9 Å². The van der Waals surface area contributed by atoms with Crippen molar-refractivity contribution < 1.29 is 34.8 Å². The monoisotopic (exact) mass is 1330 g/mol. The van der Waals surface area contributed by atoms with Gasteiger partial charge in [-0.25, -0.2) is 0 Å². The molecule has 5 N–H and O–H groups in total. The summed E-state index contributed by atoms with van der Waals surface area (Å²) >= 11 is 3.41. The van der Waals surface area contributed by atoms with Gasteiger partial charge in [0.05, 0.1) is 52.2 Å². The number of rotatable bonds is 6. The smallest absolute Gasteiger partial charge is 0.157 e. The molecule has 512 valence electrons. The number of allylic oxidation sites excluding steroid dienone is 6. The molecule has 12 aliphatic rings. The van der Waals surface area contributed by atoms with Gasteiger partial charge in [-0.2, -0.15) is 20.7 Å². The average molecular weight is 1330 g/mol. The Balaban J connectivity index is 0.000000182. The van der Waals surface area contributed by atoms with E-state index in [1.165, 1.54) is 63.8 Å². The van der Waals surface area contributed by atoms with E-state index in [1.54, 1.807) is 40.7 Å². The maximum atomic E-state index is 13.3. The molecule has 12 aliphatic carbocycles. The van der Waals surface area contributed by atoms with Crippen molar-refractivity contribution in [3.8, 4) is 12.1 Å². The summed E-state index contributed by atoms with van der Waals surface area (Å²) in [6, 6.07) is 4.00. The Morgan fingerprint density at radius 3 is 1.24 bits per heavy atom. The third-order valence-corrected chi connectivity index (χ3v) is 28.6. The zero-order valence-corrected chi connectivity index (χ0v) is 57.6. The second kappa shape index (κ2) is 28.2. The minimum absolute atomic E-state index is 0. The summed E-state index contributed by atoms with van der Waals surface area (Å²) in [6.07, 6.45) is 40.1. The van der Waals surface area contributed by atoms with Crippen molar-refractivity contribution >= 4 is 33.3 Å². The minimum Gasteiger partial charge on any atom is -0.400 e. The highest BCUT2D eigenvalue weighted by Gasteiger charge is 2.62. The minimum atomic E-state index is -0.510. The summed E-state index contributed by atoms with van der Waals surface area (Å²) in [5.74, 6) is 7.45. The van der Waals surface area contributed by atoms with E-state index in [4.69, 9.17) is 15.6 Å². The van der Waals surface area contributed by atoms with E-state index in [2.05, 4.69) is 97.1 Å². The van der Waals surface area contributed by atoms with E-state index < -0.39 is 16.8 Å². The van der Waals surface area contributed by atoms with E-state index in [1.807, 2.05) is 26.8 Å². The summed E-state index contributed by atoms with van der Waals surface area (Å²) in [5.41, 5.74) is 5.88. The SMILES string of the molecule is C.C.C.CC(=O)[C@H]1CC[C@H]2[C@@H]3CC[C@@H]4C[C@](C)(O)CC[C@]4(C)C3=CC[C@]12C.CO.C[C@@]1(O)CC[C@]2(C)C3=CC[C@]4(C)[C@@H](C(=O)CBr)CC[C@H]4[C@@H]3CC[C@@H]2C1.C[C@@]1(O)CC[C@]2(C)C3=CC[C@]4(C)[C@@H](C(=O)Cn5cc(C#N)cn5)CC[C@H]4[C@@H]3CC[C@@H]2C1.N#Cc1cn[nH]c1. The molecule has 0 saturated heterocycles. The van der Waals surface area contributed by atoms with Crippen molar-refractivity contribution in [2.24, 2.45) is 104 Å². The molecule has 9 saturated carbocycles. The predicted molar refractivity (Wildman–Crippen MR) is 371 cm³/mol. The highest BCUT2D eigenvalue weighted by Crippen LogP contribution is 2.70. The lowest BCUT2D eigenvalue weighted by Crippen LogP contribution is -2.51. The molecule has 0 spiro atoms. The summed E-state index contributed by atoms with van der Waals surface area (Å²) in [5, 5.41) is 66.7. The predicted octanol–water partition coefficient (Wildman–Crippen LogP) is 16.6. The van der Waals surface area contributed by atoms with E-state index in [-0.39, 0.29) is 79.4 Å². The highest BCUT2D eigenvalue weighted by molar-refractivity contribution is 9.09. The quantitative estimate of drug-likeness (QED) is 0.135. The molecule has 13 nitrogen and oxygen atoms in total. The first-order valence-corrected chi connectivity index (χ1v) is 35.8. The number of nitrogens with one attached hydrogen (secondary N) is 1. The molecular formula is C78H121BrN6O7. The molecule has 2 aromatic heterocycles. The molecular weight excluding hydrogens is 1210 g/mol. The molecule has 14 rings (SSSR count). The van der Waals surface area contributed by atoms with Gasteiger partial charge in [0.2, 0.25) is 0 Å². The molecule has 2 aromatic rings. The first-order chi connectivity index (χ1) is 42.0. The van der Waals surface area contributed by atoms with Gasteiger partial charge in [-0.05, 0) is 268 Å².